The molecule has 1 aromatic carbocycles. The molecule has 2 aromatic rings. The number of nitrogens with one attached hydrogen (secondary N) is 1. The van der Waals surface area contributed by atoms with Gasteiger partial charge in [0.2, 0.25) is 0 Å². The first-order valence-electron chi connectivity index (χ1n) is 4.80. The van der Waals surface area contributed by atoms with Gasteiger partial charge in [0, 0.05) is 17.3 Å². The number of H-pyrrole nitrogens is 1. The predicted molar refractivity (Wildman–Crippen MR) is 62.6 cm³/mol. The van der Waals surface area contributed by atoms with Crippen LogP contribution in [-0.2, 0) is 0 Å². The van der Waals surface area contributed by atoms with Crippen LogP contribution in [0, 0.1) is 0 Å². The molecule has 86 valence electrons. The Labute approximate surface area is 102 Å². The first-order valence-corrected chi connectivity index (χ1v) is 5.18. The number of aromatic nitrogens is 1. The summed E-state index contributed by atoms with van der Waals surface area (Å²) in [5.74, 6) is -1.41. The van der Waals surface area contributed by atoms with Crippen molar-refractivity contribution in [1.29, 1.82) is 0 Å². The van der Waals surface area contributed by atoms with Crippen LogP contribution in [0.4, 0.5) is 0 Å². The number of aromatic carboxylic acids is 1. The molecular weight excluding hydrogens is 242 g/mol. The molecule has 2 rings (SSSR count). The van der Waals surface area contributed by atoms with Gasteiger partial charge in [0.15, 0.2) is 5.78 Å². The molecule has 2 N–H and O–H groups in total. The second-order valence-corrected chi connectivity index (χ2v) is 3.82. The highest BCUT2D eigenvalue weighted by atomic mass is 35.5. The molecule has 0 saturated heterocycles. The smallest absolute Gasteiger partial charge is 0.352 e. The lowest BCUT2D eigenvalue weighted by atomic mass is 10.1. The lowest BCUT2D eigenvalue weighted by molar-refractivity contribution is 0.0691. The molecule has 0 fully saturated rings. The Balaban J connectivity index is 2.37. The van der Waals surface area contributed by atoms with Crippen LogP contribution in [0.1, 0.15) is 26.4 Å². The van der Waals surface area contributed by atoms with Crippen LogP contribution >= 0.6 is 11.6 Å². The summed E-state index contributed by atoms with van der Waals surface area (Å²) in [7, 11) is 0. The van der Waals surface area contributed by atoms with Crippen molar-refractivity contribution in [2.45, 2.75) is 0 Å². The van der Waals surface area contributed by atoms with Crippen molar-refractivity contribution >= 4 is 23.4 Å². The molecule has 0 saturated carbocycles. The maximum absolute atomic E-state index is 12.0. The van der Waals surface area contributed by atoms with Crippen molar-refractivity contribution in [3.8, 4) is 0 Å². The molecule has 0 amide bonds. The van der Waals surface area contributed by atoms with Crippen LogP contribution in [0.25, 0.3) is 0 Å². The summed E-state index contributed by atoms with van der Waals surface area (Å²) in [5.41, 5.74) is 0.598. The van der Waals surface area contributed by atoms with Gasteiger partial charge in [-0.15, -0.1) is 0 Å². The van der Waals surface area contributed by atoms with Crippen molar-refractivity contribution in [2.24, 2.45) is 0 Å². The van der Waals surface area contributed by atoms with Gasteiger partial charge in [0.25, 0.3) is 0 Å². The number of carbonyl (C=O) groups excluding carboxylic acids is 1. The first-order chi connectivity index (χ1) is 8.09. The number of hydrogen-bond acceptors (Lipinski definition) is 2. The number of hydrogen-bond donors (Lipinski definition) is 2. The quantitative estimate of drug-likeness (QED) is 0.822. The maximum atomic E-state index is 12.0. The number of carbonyl (C=O) groups is 2. The Kier molecular flexibility index (Phi) is 2.97. The number of carboxylic acid groups (broad SMARTS) is 1. The monoisotopic (exact) mass is 249 g/mol. The van der Waals surface area contributed by atoms with E-state index in [0.29, 0.717) is 10.6 Å². The Morgan fingerprint density at radius 3 is 2.53 bits per heavy atom. The van der Waals surface area contributed by atoms with Crippen molar-refractivity contribution in [2.75, 3.05) is 0 Å². The summed E-state index contributed by atoms with van der Waals surface area (Å²) in [6.07, 6.45) is 1.36. The topological polar surface area (TPSA) is 70.2 Å². The molecule has 1 aromatic heterocycles. The Bertz CT molecular complexity index is 589. The highest BCUT2D eigenvalue weighted by Gasteiger charge is 2.15. The minimum absolute atomic E-state index is 0.0274. The van der Waals surface area contributed by atoms with Gasteiger partial charge in [0.05, 0.1) is 5.02 Å². The average Bonchev–Trinajstić information content (AvgIpc) is 2.78. The zero-order valence-electron chi connectivity index (χ0n) is 8.61. The van der Waals surface area contributed by atoms with Crippen LogP contribution in [0.5, 0.6) is 0 Å². The minimum Gasteiger partial charge on any atom is -0.477 e. The standard InChI is InChI=1S/C12H8ClNO3/c13-9-4-2-1-3-8(9)11(15)7-5-10(12(16)17)14-6-7/h1-6,14H,(H,16,17). The van der Waals surface area contributed by atoms with E-state index < -0.39 is 5.97 Å². The van der Waals surface area contributed by atoms with Crippen LogP contribution in [0.2, 0.25) is 5.02 Å². The number of aromatic amines is 1. The minimum atomic E-state index is -1.11. The molecule has 0 aliphatic rings. The number of halogens is 1. The number of carboxylic acids is 1. The van der Waals surface area contributed by atoms with E-state index in [1.165, 1.54) is 12.3 Å². The van der Waals surface area contributed by atoms with E-state index >= 15 is 0 Å². The van der Waals surface area contributed by atoms with Gasteiger partial charge in [-0.3, -0.25) is 4.79 Å². The molecule has 17 heavy (non-hydrogen) atoms. The highest BCUT2D eigenvalue weighted by Crippen LogP contribution is 2.19. The summed E-state index contributed by atoms with van der Waals surface area (Å²) < 4.78 is 0. The van der Waals surface area contributed by atoms with Crippen LogP contribution in [0.15, 0.2) is 36.5 Å². The Morgan fingerprint density at radius 1 is 1.24 bits per heavy atom. The third-order valence-corrected chi connectivity index (χ3v) is 2.62. The van der Waals surface area contributed by atoms with Crippen molar-refractivity contribution in [1.82, 2.24) is 4.98 Å². The summed E-state index contributed by atoms with van der Waals surface area (Å²) in [6, 6.07) is 7.91. The zero-order valence-corrected chi connectivity index (χ0v) is 9.36. The number of ketones is 1. The fourth-order valence-corrected chi connectivity index (χ4v) is 1.67. The summed E-state index contributed by atoms with van der Waals surface area (Å²) in [4.78, 5) is 25.2. The van der Waals surface area contributed by atoms with E-state index in [4.69, 9.17) is 16.7 Å². The van der Waals surface area contributed by atoms with Gasteiger partial charge in [0.1, 0.15) is 5.69 Å². The molecule has 4 nitrogen and oxygen atoms in total. The molecule has 0 bridgehead atoms. The lowest BCUT2D eigenvalue weighted by Crippen LogP contribution is -2.00. The normalized spacial score (nSPS) is 10.2. The van der Waals surface area contributed by atoms with Gasteiger partial charge < -0.3 is 10.1 Å². The summed E-state index contributed by atoms with van der Waals surface area (Å²) >= 11 is 5.89. The van der Waals surface area contributed by atoms with Crippen molar-refractivity contribution < 1.29 is 14.7 Å². The number of rotatable bonds is 3. The van der Waals surface area contributed by atoms with Gasteiger partial charge >= 0.3 is 5.97 Å². The molecule has 5 heteroatoms. The van der Waals surface area contributed by atoms with E-state index in [2.05, 4.69) is 4.98 Å². The number of benzene rings is 1. The van der Waals surface area contributed by atoms with Gasteiger partial charge in [-0.25, -0.2) is 4.79 Å². The molecule has 0 aliphatic carbocycles. The van der Waals surface area contributed by atoms with E-state index in [9.17, 15) is 9.59 Å². The van der Waals surface area contributed by atoms with Gasteiger partial charge in [-0.2, -0.15) is 0 Å². The molecule has 0 spiro atoms. The first kappa shape index (κ1) is 11.4. The second kappa shape index (κ2) is 4.43. The van der Waals surface area contributed by atoms with E-state index in [0.717, 1.165) is 0 Å². The summed E-state index contributed by atoms with van der Waals surface area (Å²) in [5, 5.41) is 9.08. The fraction of sp³-hybridized carbons (Fsp3) is 0. The largest absolute Gasteiger partial charge is 0.477 e. The fourth-order valence-electron chi connectivity index (χ4n) is 1.45. The predicted octanol–water partition coefficient (Wildman–Crippen LogP) is 2.60. The third-order valence-electron chi connectivity index (χ3n) is 2.29. The van der Waals surface area contributed by atoms with Gasteiger partial charge in [-0.05, 0) is 18.2 Å². The van der Waals surface area contributed by atoms with Gasteiger partial charge in [-0.1, -0.05) is 23.7 Å². The van der Waals surface area contributed by atoms with Crippen LogP contribution in [0.3, 0.4) is 0 Å². The molecule has 1 heterocycles. The van der Waals surface area contributed by atoms with Crippen molar-refractivity contribution in [3.63, 3.8) is 0 Å². The zero-order chi connectivity index (χ0) is 12.4. The Morgan fingerprint density at radius 2 is 1.94 bits per heavy atom. The maximum Gasteiger partial charge on any atom is 0.352 e. The van der Waals surface area contributed by atoms with E-state index in [-0.39, 0.29) is 17.0 Å². The second-order valence-electron chi connectivity index (χ2n) is 3.42. The molecule has 0 radical (unpaired) electrons. The SMILES string of the molecule is O=C(O)c1cc(C(=O)c2ccccc2Cl)c[nH]1. The Hall–Kier alpha value is -2.07. The van der Waals surface area contributed by atoms with Crippen molar-refractivity contribution in [3.05, 3.63) is 58.4 Å². The highest BCUT2D eigenvalue weighted by molar-refractivity contribution is 6.35. The molecular formula is C12H8ClNO3. The molecule has 0 atom stereocenters. The third kappa shape index (κ3) is 2.21. The molecule has 0 unspecified atom stereocenters. The lowest BCUT2D eigenvalue weighted by Gasteiger charge is -2.00. The summed E-state index contributed by atoms with van der Waals surface area (Å²) in [6.45, 7) is 0. The van der Waals surface area contributed by atoms with Crippen LogP contribution < -0.4 is 0 Å². The molecule has 0 aliphatic heterocycles. The van der Waals surface area contributed by atoms with E-state index in [1.54, 1.807) is 24.3 Å². The van der Waals surface area contributed by atoms with Crippen LogP contribution in [-0.4, -0.2) is 21.8 Å². The average molecular weight is 250 g/mol. The van der Waals surface area contributed by atoms with E-state index in [1.807, 2.05) is 0 Å².